The van der Waals surface area contributed by atoms with Crippen molar-refractivity contribution in [1.29, 1.82) is 0 Å². The quantitative estimate of drug-likeness (QED) is 0.737. The molecule has 0 amide bonds. The molecule has 2 nitrogen and oxygen atoms in total. The molecule has 1 fully saturated rings. The van der Waals surface area contributed by atoms with Crippen LogP contribution in [0.2, 0.25) is 0 Å². The zero-order valence-corrected chi connectivity index (χ0v) is 10.8. The molecule has 2 rings (SSSR count). The van der Waals surface area contributed by atoms with E-state index in [9.17, 15) is 4.79 Å². The van der Waals surface area contributed by atoms with Crippen molar-refractivity contribution in [2.75, 3.05) is 0 Å². The Labute approximate surface area is 103 Å². The van der Waals surface area contributed by atoms with Gasteiger partial charge in [-0.25, -0.2) is 0 Å². The van der Waals surface area contributed by atoms with Crippen LogP contribution in [0.3, 0.4) is 0 Å². The summed E-state index contributed by atoms with van der Waals surface area (Å²) in [4.78, 5) is 11.2. The van der Waals surface area contributed by atoms with Gasteiger partial charge >= 0.3 is 5.97 Å². The van der Waals surface area contributed by atoms with Crippen molar-refractivity contribution in [3.05, 3.63) is 35.4 Å². The zero-order chi connectivity index (χ0) is 12.4. The lowest BCUT2D eigenvalue weighted by Crippen LogP contribution is -2.15. The van der Waals surface area contributed by atoms with E-state index < -0.39 is 0 Å². The fraction of sp³-hybridized carbons (Fsp3) is 0.533. The Kier molecular flexibility index (Phi) is 3.51. The Balaban J connectivity index is 2.31. The SMILES string of the molecule is CC(=O)OC(c1ccccc1C1CC1)C(C)C. The van der Waals surface area contributed by atoms with Crippen LogP contribution < -0.4 is 0 Å². The molecule has 1 aromatic carbocycles. The second-order valence-corrected chi connectivity index (χ2v) is 5.18. The molecule has 0 aliphatic heterocycles. The third kappa shape index (κ3) is 2.87. The Bertz CT molecular complexity index is 405. The first-order chi connectivity index (χ1) is 8.09. The molecule has 0 heterocycles. The van der Waals surface area contributed by atoms with Crippen molar-refractivity contribution in [1.82, 2.24) is 0 Å². The largest absolute Gasteiger partial charge is 0.457 e. The predicted molar refractivity (Wildman–Crippen MR) is 67.8 cm³/mol. The lowest BCUT2D eigenvalue weighted by molar-refractivity contribution is -0.149. The molecular formula is C15H20O2. The van der Waals surface area contributed by atoms with Crippen LogP contribution in [0.5, 0.6) is 0 Å². The average Bonchev–Trinajstić information content (AvgIpc) is 3.09. The molecule has 17 heavy (non-hydrogen) atoms. The highest BCUT2D eigenvalue weighted by Gasteiger charge is 2.30. The van der Waals surface area contributed by atoms with Crippen LogP contribution in [-0.2, 0) is 9.53 Å². The molecule has 1 saturated carbocycles. The minimum absolute atomic E-state index is 0.107. The molecule has 1 unspecified atom stereocenters. The Morgan fingerprint density at radius 1 is 1.29 bits per heavy atom. The molecule has 1 atom stereocenters. The highest BCUT2D eigenvalue weighted by molar-refractivity contribution is 5.66. The summed E-state index contributed by atoms with van der Waals surface area (Å²) in [7, 11) is 0. The summed E-state index contributed by atoms with van der Waals surface area (Å²) >= 11 is 0. The number of benzene rings is 1. The smallest absolute Gasteiger partial charge is 0.303 e. The first-order valence-corrected chi connectivity index (χ1v) is 6.35. The van der Waals surface area contributed by atoms with E-state index in [0.29, 0.717) is 11.8 Å². The molecule has 0 saturated heterocycles. The minimum Gasteiger partial charge on any atom is -0.457 e. The summed E-state index contributed by atoms with van der Waals surface area (Å²) < 4.78 is 5.48. The van der Waals surface area contributed by atoms with Gasteiger partial charge in [0.1, 0.15) is 6.10 Å². The fourth-order valence-corrected chi connectivity index (χ4v) is 2.27. The summed E-state index contributed by atoms with van der Waals surface area (Å²) in [5, 5.41) is 0. The van der Waals surface area contributed by atoms with Crippen LogP contribution in [0.1, 0.15) is 56.8 Å². The van der Waals surface area contributed by atoms with Gasteiger partial charge in [-0.05, 0) is 35.8 Å². The highest BCUT2D eigenvalue weighted by Crippen LogP contribution is 2.44. The molecule has 1 aliphatic rings. The number of rotatable bonds is 4. The Morgan fingerprint density at radius 2 is 1.94 bits per heavy atom. The van der Waals surface area contributed by atoms with E-state index in [2.05, 4.69) is 32.0 Å². The van der Waals surface area contributed by atoms with Crippen LogP contribution in [-0.4, -0.2) is 5.97 Å². The minimum atomic E-state index is -0.200. The summed E-state index contributed by atoms with van der Waals surface area (Å²) in [6.45, 7) is 5.67. The molecule has 92 valence electrons. The van der Waals surface area contributed by atoms with Gasteiger partial charge in [0.05, 0.1) is 0 Å². The highest BCUT2D eigenvalue weighted by atomic mass is 16.5. The van der Waals surface area contributed by atoms with Crippen molar-refractivity contribution in [3.8, 4) is 0 Å². The van der Waals surface area contributed by atoms with E-state index in [4.69, 9.17) is 4.74 Å². The topological polar surface area (TPSA) is 26.3 Å². The van der Waals surface area contributed by atoms with E-state index in [-0.39, 0.29) is 12.1 Å². The molecule has 0 bridgehead atoms. The monoisotopic (exact) mass is 232 g/mol. The van der Waals surface area contributed by atoms with Gasteiger partial charge in [0, 0.05) is 6.92 Å². The van der Waals surface area contributed by atoms with Gasteiger partial charge in [0.25, 0.3) is 0 Å². The van der Waals surface area contributed by atoms with Crippen molar-refractivity contribution < 1.29 is 9.53 Å². The van der Waals surface area contributed by atoms with Crippen molar-refractivity contribution in [3.63, 3.8) is 0 Å². The van der Waals surface area contributed by atoms with Crippen LogP contribution in [0.4, 0.5) is 0 Å². The maximum atomic E-state index is 11.2. The molecule has 0 N–H and O–H groups in total. The molecule has 0 spiro atoms. The van der Waals surface area contributed by atoms with Crippen LogP contribution in [0.25, 0.3) is 0 Å². The number of carbonyl (C=O) groups is 1. The summed E-state index contributed by atoms with van der Waals surface area (Å²) in [5.74, 6) is 0.788. The maximum absolute atomic E-state index is 11.2. The first kappa shape index (κ1) is 12.2. The number of hydrogen-bond acceptors (Lipinski definition) is 2. The molecule has 0 radical (unpaired) electrons. The van der Waals surface area contributed by atoms with Crippen molar-refractivity contribution in [2.45, 2.75) is 45.6 Å². The normalized spacial score (nSPS) is 16.9. The van der Waals surface area contributed by atoms with Crippen molar-refractivity contribution >= 4 is 5.97 Å². The van der Waals surface area contributed by atoms with Crippen molar-refractivity contribution in [2.24, 2.45) is 5.92 Å². The summed E-state index contributed by atoms with van der Waals surface area (Å²) in [6, 6.07) is 8.37. The van der Waals surface area contributed by atoms with E-state index in [1.54, 1.807) is 0 Å². The standard InChI is InChI=1S/C15H20O2/c1-10(2)15(17-11(3)16)14-7-5-4-6-13(14)12-8-9-12/h4-7,10,12,15H,8-9H2,1-3H3. The second-order valence-electron chi connectivity index (χ2n) is 5.18. The number of carbonyl (C=O) groups excluding carboxylic acids is 1. The molecular weight excluding hydrogens is 212 g/mol. The third-order valence-electron chi connectivity index (χ3n) is 3.22. The number of ether oxygens (including phenoxy) is 1. The zero-order valence-electron chi connectivity index (χ0n) is 10.8. The fourth-order valence-electron chi connectivity index (χ4n) is 2.27. The average molecular weight is 232 g/mol. The van der Waals surface area contributed by atoms with E-state index >= 15 is 0 Å². The maximum Gasteiger partial charge on any atom is 0.303 e. The molecule has 1 aromatic rings. The van der Waals surface area contributed by atoms with E-state index in [0.717, 1.165) is 0 Å². The lowest BCUT2D eigenvalue weighted by atomic mass is 9.92. The predicted octanol–water partition coefficient (Wildman–Crippen LogP) is 3.82. The molecule has 2 heteroatoms. The van der Waals surface area contributed by atoms with Gasteiger partial charge in [-0.15, -0.1) is 0 Å². The van der Waals surface area contributed by atoms with Gasteiger partial charge in [-0.3, -0.25) is 4.79 Å². The van der Waals surface area contributed by atoms with Crippen LogP contribution in [0.15, 0.2) is 24.3 Å². The Morgan fingerprint density at radius 3 is 2.47 bits per heavy atom. The van der Waals surface area contributed by atoms with Gasteiger partial charge in [-0.1, -0.05) is 38.1 Å². The van der Waals surface area contributed by atoms with Gasteiger partial charge in [0.15, 0.2) is 0 Å². The summed E-state index contributed by atoms with van der Waals surface area (Å²) in [5.41, 5.74) is 2.56. The van der Waals surface area contributed by atoms with E-state index in [1.807, 2.05) is 6.07 Å². The lowest BCUT2D eigenvalue weighted by Gasteiger charge is -2.23. The van der Waals surface area contributed by atoms with Crippen LogP contribution >= 0.6 is 0 Å². The Hall–Kier alpha value is -1.31. The molecule has 0 aromatic heterocycles. The number of hydrogen-bond donors (Lipinski definition) is 0. The van der Waals surface area contributed by atoms with Gasteiger partial charge in [0.2, 0.25) is 0 Å². The van der Waals surface area contributed by atoms with E-state index in [1.165, 1.54) is 30.9 Å². The number of esters is 1. The van der Waals surface area contributed by atoms with Gasteiger partial charge < -0.3 is 4.74 Å². The summed E-state index contributed by atoms with van der Waals surface area (Å²) in [6.07, 6.45) is 2.42. The van der Waals surface area contributed by atoms with Gasteiger partial charge in [-0.2, -0.15) is 0 Å². The van der Waals surface area contributed by atoms with Crippen LogP contribution in [0, 0.1) is 5.92 Å². The first-order valence-electron chi connectivity index (χ1n) is 6.35. The second kappa shape index (κ2) is 4.91. The third-order valence-corrected chi connectivity index (χ3v) is 3.22. The molecule has 1 aliphatic carbocycles.